The molecule has 0 aliphatic heterocycles. The van der Waals surface area contributed by atoms with Crippen molar-refractivity contribution in [2.75, 3.05) is 6.61 Å². The molecule has 0 aromatic heterocycles. The standard InChI is InChI=1S/C15H15ClN2O4S/c1-11-3-2-4-13(9-11)22-10-15(19)17-18-23(20,21)14-7-5-12(16)6-8-14/h2-9,18H,10H2,1H3,(H,17,19). The number of hydrogen-bond acceptors (Lipinski definition) is 4. The number of carbonyl (C=O) groups excluding carboxylic acids is 1. The third-order valence-electron chi connectivity index (χ3n) is 2.81. The third-order valence-corrected chi connectivity index (χ3v) is 4.32. The summed E-state index contributed by atoms with van der Waals surface area (Å²) >= 11 is 5.70. The Morgan fingerprint density at radius 1 is 1.17 bits per heavy atom. The molecule has 122 valence electrons. The molecule has 1 amide bonds. The molecule has 8 heteroatoms. The first kappa shape index (κ1) is 17.3. The maximum atomic E-state index is 12.0. The molecule has 0 aliphatic carbocycles. The van der Waals surface area contributed by atoms with E-state index in [0.29, 0.717) is 10.8 Å². The van der Waals surface area contributed by atoms with Gasteiger partial charge in [0.1, 0.15) is 5.75 Å². The summed E-state index contributed by atoms with van der Waals surface area (Å²) < 4.78 is 29.2. The summed E-state index contributed by atoms with van der Waals surface area (Å²) in [7, 11) is -3.86. The van der Waals surface area contributed by atoms with E-state index in [1.54, 1.807) is 18.2 Å². The van der Waals surface area contributed by atoms with Gasteiger partial charge in [0.05, 0.1) is 4.90 Å². The molecule has 2 aromatic carbocycles. The predicted molar refractivity (Wildman–Crippen MR) is 86.6 cm³/mol. The molecule has 6 nitrogen and oxygen atoms in total. The van der Waals surface area contributed by atoms with Crippen LogP contribution >= 0.6 is 11.6 Å². The summed E-state index contributed by atoms with van der Waals surface area (Å²) in [4.78, 5) is 13.6. The van der Waals surface area contributed by atoms with E-state index in [0.717, 1.165) is 5.56 Å². The first-order valence-electron chi connectivity index (χ1n) is 6.62. The van der Waals surface area contributed by atoms with Crippen LogP contribution in [0.1, 0.15) is 5.56 Å². The first-order chi connectivity index (χ1) is 10.9. The number of hydrogen-bond donors (Lipinski definition) is 2. The second kappa shape index (κ2) is 7.45. The minimum atomic E-state index is -3.86. The molecule has 0 aliphatic rings. The number of amides is 1. The quantitative estimate of drug-likeness (QED) is 0.777. The molecular weight excluding hydrogens is 340 g/mol. The van der Waals surface area contributed by atoms with Crippen molar-refractivity contribution in [2.45, 2.75) is 11.8 Å². The van der Waals surface area contributed by atoms with Gasteiger partial charge in [0.25, 0.3) is 15.9 Å². The Balaban J connectivity index is 1.87. The van der Waals surface area contributed by atoms with Crippen molar-refractivity contribution < 1.29 is 17.9 Å². The van der Waals surface area contributed by atoms with Crippen LogP contribution in [-0.2, 0) is 14.8 Å². The van der Waals surface area contributed by atoms with Gasteiger partial charge in [-0.05, 0) is 48.9 Å². The lowest BCUT2D eigenvalue weighted by Gasteiger charge is -2.10. The second-order valence-corrected chi connectivity index (χ2v) is 6.83. The third kappa shape index (κ3) is 5.24. The van der Waals surface area contributed by atoms with Crippen molar-refractivity contribution in [1.82, 2.24) is 10.3 Å². The SMILES string of the molecule is Cc1cccc(OCC(=O)NNS(=O)(=O)c2ccc(Cl)cc2)c1. The lowest BCUT2D eigenvalue weighted by Crippen LogP contribution is -2.43. The van der Waals surface area contributed by atoms with Gasteiger partial charge in [-0.15, -0.1) is 4.83 Å². The number of ether oxygens (including phenoxy) is 1. The van der Waals surface area contributed by atoms with Crippen LogP contribution in [0.15, 0.2) is 53.4 Å². The van der Waals surface area contributed by atoms with Gasteiger partial charge in [0.2, 0.25) is 0 Å². The van der Waals surface area contributed by atoms with Crippen LogP contribution in [0.2, 0.25) is 5.02 Å². The number of carbonyl (C=O) groups is 1. The van der Waals surface area contributed by atoms with E-state index in [9.17, 15) is 13.2 Å². The van der Waals surface area contributed by atoms with E-state index < -0.39 is 15.9 Å². The number of rotatable bonds is 6. The van der Waals surface area contributed by atoms with Gasteiger partial charge in [-0.3, -0.25) is 10.2 Å². The Morgan fingerprint density at radius 3 is 2.52 bits per heavy atom. The number of aryl methyl sites for hydroxylation is 1. The monoisotopic (exact) mass is 354 g/mol. The van der Waals surface area contributed by atoms with Gasteiger partial charge in [-0.25, -0.2) is 8.42 Å². The number of sulfonamides is 1. The summed E-state index contributed by atoms with van der Waals surface area (Å²) in [6, 6.07) is 12.7. The van der Waals surface area contributed by atoms with Crippen LogP contribution in [0, 0.1) is 6.92 Å². The zero-order valence-corrected chi connectivity index (χ0v) is 13.8. The lowest BCUT2D eigenvalue weighted by molar-refractivity contribution is -0.123. The van der Waals surface area contributed by atoms with Crippen LogP contribution < -0.4 is 15.0 Å². The van der Waals surface area contributed by atoms with Crippen LogP contribution in [-0.4, -0.2) is 20.9 Å². The van der Waals surface area contributed by atoms with Crippen LogP contribution in [0.4, 0.5) is 0 Å². The van der Waals surface area contributed by atoms with Crippen molar-refractivity contribution in [3.63, 3.8) is 0 Å². The molecule has 23 heavy (non-hydrogen) atoms. The summed E-state index contributed by atoms with van der Waals surface area (Å²) in [5.41, 5.74) is 3.08. The molecular formula is C15H15ClN2O4S. The minimum absolute atomic E-state index is 0.0122. The Hall–Kier alpha value is -2.09. The van der Waals surface area contributed by atoms with Gasteiger partial charge in [0.15, 0.2) is 6.61 Å². The fraction of sp³-hybridized carbons (Fsp3) is 0.133. The fourth-order valence-corrected chi connectivity index (χ4v) is 2.67. The van der Waals surface area contributed by atoms with Crippen LogP contribution in [0.5, 0.6) is 5.75 Å². The van der Waals surface area contributed by atoms with Gasteiger partial charge in [-0.2, -0.15) is 0 Å². The van der Waals surface area contributed by atoms with E-state index in [1.165, 1.54) is 24.3 Å². The maximum absolute atomic E-state index is 12.0. The van der Waals surface area contributed by atoms with E-state index in [4.69, 9.17) is 16.3 Å². The highest BCUT2D eigenvalue weighted by molar-refractivity contribution is 7.89. The zero-order chi connectivity index (χ0) is 16.9. The molecule has 0 atom stereocenters. The largest absolute Gasteiger partial charge is 0.484 e. The van der Waals surface area contributed by atoms with Crippen molar-refractivity contribution >= 4 is 27.5 Å². The van der Waals surface area contributed by atoms with Crippen molar-refractivity contribution in [3.05, 3.63) is 59.1 Å². The summed E-state index contributed by atoms with van der Waals surface area (Å²) in [6.07, 6.45) is 0. The van der Waals surface area contributed by atoms with E-state index >= 15 is 0 Å². The Labute approximate surface area is 139 Å². The minimum Gasteiger partial charge on any atom is -0.484 e. The highest BCUT2D eigenvalue weighted by Crippen LogP contribution is 2.13. The smallest absolute Gasteiger partial charge is 0.272 e. The molecule has 0 heterocycles. The van der Waals surface area contributed by atoms with Crippen LogP contribution in [0.25, 0.3) is 0 Å². The van der Waals surface area contributed by atoms with Gasteiger partial charge < -0.3 is 4.74 Å². The molecule has 2 aromatic rings. The van der Waals surface area contributed by atoms with E-state index in [1.807, 2.05) is 17.8 Å². The first-order valence-corrected chi connectivity index (χ1v) is 8.48. The van der Waals surface area contributed by atoms with Crippen molar-refractivity contribution in [1.29, 1.82) is 0 Å². The molecule has 0 saturated heterocycles. The highest BCUT2D eigenvalue weighted by atomic mass is 35.5. The fourth-order valence-electron chi connectivity index (χ4n) is 1.69. The average Bonchev–Trinajstić information content (AvgIpc) is 2.51. The Morgan fingerprint density at radius 2 is 1.87 bits per heavy atom. The van der Waals surface area contributed by atoms with E-state index in [2.05, 4.69) is 5.43 Å². The Bertz CT molecular complexity index is 791. The van der Waals surface area contributed by atoms with Crippen molar-refractivity contribution in [3.8, 4) is 5.75 Å². The van der Waals surface area contributed by atoms with Gasteiger partial charge in [0, 0.05) is 5.02 Å². The molecule has 0 fully saturated rings. The number of hydrazine groups is 1. The number of benzene rings is 2. The summed E-state index contributed by atoms with van der Waals surface area (Å²) in [5.74, 6) is -0.0928. The molecule has 0 saturated carbocycles. The summed E-state index contributed by atoms with van der Waals surface area (Å²) in [6.45, 7) is 1.58. The average molecular weight is 355 g/mol. The lowest BCUT2D eigenvalue weighted by atomic mass is 10.2. The number of nitrogens with one attached hydrogen (secondary N) is 2. The van der Waals surface area contributed by atoms with Gasteiger partial charge in [-0.1, -0.05) is 23.7 Å². The molecule has 2 N–H and O–H groups in total. The normalized spacial score (nSPS) is 11.0. The second-order valence-electron chi connectivity index (χ2n) is 4.71. The number of halogens is 1. The maximum Gasteiger partial charge on any atom is 0.272 e. The Kier molecular flexibility index (Phi) is 5.59. The van der Waals surface area contributed by atoms with Crippen LogP contribution in [0.3, 0.4) is 0 Å². The topological polar surface area (TPSA) is 84.5 Å². The summed E-state index contributed by atoms with van der Waals surface area (Å²) in [5, 5.41) is 0.416. The van der Waals surface area contributed by atoms with Crippen molar-refractivity contribution in [2.24, 2.45) is 0 Å². The van der Waals surface area contributed by atoms with E-state index in [-0.39, 0.29) is 11.5 Å². The molecule has 0 unspecified atom stereocenters. The molecule has 0 spiro atoms. The zero-order valence-electron chi connectivity index (χ0n) is 12.2. The van der Waals surface area contributed by atoms with Gasteiger partial charge >= 0.3 is 0 Å². The molecule has 0 bridgehead atoms. The predicted octanol–water partition coefficient (Wildman–Crippen LogP) is 2.04. The highest BCUT2D eigenvalue weighted by Gasteiger charge is 2.15. The molecule has 0 radical (unpaired) electrons. The molecule has 2 rings (SSSR count).